The maximum Gasteiger partial charge on any atom is 0.232 e. The summed E-state index contributed by atoms with van der Waals surface area (Å²) in [6, 6.07) is 13.7. The molecule has 0 saturated heterocycles. The van der Waals surface area contributed by atoms with Crippen LogP contribution < -0.4 is 9.47 Å². The van der Waals surface area contributed by atoms with Crippen LogP contribution in [0.2, 0.25) is 5.02 Å². The zero-order chi connectivity index (χ0) is 20.0. The molecule has 0 amide bonds. The molecule has 6 heteroatoms. The van der Waals surface area contributed by atoms with Gasteiger partial charge in [-0.15, -0.1) is 11.3 Å². The number of fused-ring (bicyclic) bond motifs is 3. The number of benzene rings is 2. The summed E-state index contributed by atoms with van der Waals surface area (Å²) in [5, 5.41) is 2.71. The standard InChI is InChI=1S/C23H18ClNO3S/c1-14-9-19-17(12-25(13-27-19)11-15-5-2-3-7-18(15)24)23-21(14)22(26)20(28-23)10-16-6-4-8-29-16/h2-10H,11-13H2,1H3/b20-10-. The van der Waals surface area contributed by atoms with Gasteiger partial charge in [0.15, 0.2) is 5.76 Å². The van der Waals surface area contributed by atoms with Crippen molar-refractivity contribution in [1.29, 1.82) is 0 Å². The molecule has 0 bridgehead atoms. The van der Waals surface area contributed by atoms with Crippen molar-refractivity contribution < 1.29 is 14.3 Å². The highest BCUT2D eigenvalue weighted by molar-refractivity contribution is 7.10. The van der Waals surface area contributed by atoms with Gasteiger partial charge in [-0.3, -0.25) is 9.69 Å². The lowest BCUT2D eigenvalue weighted by molar-refractivity contribution is 0.0872. The third-order valence-corrected chi connectivity index (χ3v) is 6.34. The first-order chi connectivity index (χ1) is 14.1. The molecule has 0 fully saturated rings. The first-order valence-electron chi connectivity index (χ1n) is 9.33. The number of allylic oxidation sites excluding steroid dienone is 1. The van der Waals surface area contributed by atoms with Crippen LogP contribution in [-0.2, 0) is 13.1 Å². The Kier molecular flexibility index (Phi) is 4.66. The van der Waals surface area contributed by atoms with Crippen LogP contribution in [0.25, 0.3) is 6.08 Å². The van der Waals surface area contributed by atoms with E-state index >= 15 is 0 Å². The molecule has 2 aliphatic rings. The van der Waals surface area contributed by atoms with Gasteiger partial charge in [0.05, 0.1) is 11.1 Å². The van der Waals surface area contributed by atoms with E-state index in [4.69, 9.17) is 21.1 Å². The van der Waals surface area contributed by atoms with Crippen molar-refractivity contribution in [3.8, 4) is 11.5 Å². The van der Waals surface area contributed by atoms with Gasteiger partial charge in [-0.1, -0.05) is 35.9 Å². The monoisotopic (exact) mass is 423 g/mol. The highest BCUT2D eigenvalue weighted by Crippen LogP contribution is 2.44. The number of rotatable bonds is 3. The fourth-order valence-corrected chi connectivity index (χ4v) is 4.59. The van der Waals surface area contributed by atoms with E-state index in [9.17, 15) is 4.79 Å². The number of hydrogen-bond acceptors (Lipinski definition) is 5. The molecular formula is C23H18ClNO3S. The van der Waals surface area contributed by atoms with Crippen LogP contribution in [0.15, 0.2) is 53.6 Å². The van der Waals surface area contributed by atoms with Gasteiger partial charge in [-0.25, -0.2) is 0 Å². The maximum atomic E-state index is 13.0. The molecule has 0 radical (unpaired) electrons. The van der Waals surface area contributed by atoms with Gasteiger partial charge >= 0.3 is 0 Å². The molecule has 0 saturated carbocycles. The first-order valence-corrected chi connectivity index (χ1v) is 10.6. The average Bonchev–Trinajstić information content (AvgIpc) is 3.33. The zero-order valence-electron chi connectivity index (χ0n) is 15.8. The molecule has 4 nitrogen and oxygen atoms in total. The van der Waals surface area contributed by atoms with Crippen LogP contribution in [0, 0.1) is 6.92 Å². The minimum atomic E-state index is -0.0723. The lowest BCUT2D eigenvalue weighted by Crippen LogP contribution is -2.32. The number of ether oxygens (including phenoxy) is 2. The number of ketones is 1. The van der Waals surface area contributed by atoms with E-state index in [-0.39, 0.29) is 5.78 Å². The number of carbonyl (C=O) groups excluding carboxylic acids is 1. The lowest BCUT2D eigenvalue weighted by atomic mass is 9.98. The van der Waals surface area contributed by atoms with Crippen LogP contribution in [0.5, 0.6) is 11.5 Å². The Morgan fingerprint density at radius 1 is 1.24 bits per heavy atom. The molecule has 0 unspecified atom stereocenters. The predicted molar refractivity (Wildman–Crippen MR) is 115 cm³/mol. The van der Waals surface area contributed by atoms with Gasteiger partial charge in [-0.05, 0) is 41.6 Å². The Morgan fingerprint density at radius 2 is 2.10 bits per heavy atom. The summed E-state index contributed by atoms with van der Waals surface area (Å²) < 4.78 is 12.1. The molecule has 0 atom stereocenters. The number of hydrogen-bond donors (Lipinski definition) is 0. The molecule has 2 aliphatic heterocycles. The van der Waals surface area contributed by atoms with Crippen molar-refractivity contribution in [2.75, 3.05) is 6.73 Å². The third kappa shape index (κ3) is 3.35. The normalized spacial score (nSPS) is 17.0. The van der Waals surface area contributed by atoms with E-state index < -0.39 is 0 Å². The molecule has 3 aromatic rings. The van der Waals surface area contributed by atoms with Gasteiger partial charge < -0.3 is 9.47 Å². The summed E-state index contributed by atoms with van der Waals surface area (Å²) in [6.07, 6.45) is 1.81. The molecule has 146 valence electrons. The Balaban J connectivity index is 1.48. The van der Waals surface area contributed by atoms with E-state index in [0.29, 0.717) is 36.9 Å². The number of thiophene rings is 1. The Labute approximate surface area is 177 Å². The van der Waals surface area contributed by atoms with Crippen molar-refractivity contribution >= 4 is 34.8 Å². The number of aryl methyl sites for hydroxylation is 1. The summed E-state index contributed by atoms with van der Waals surface area (Å²) in [4.78, 5) is 16.1. The zero-order valence-corrected chi connectivity index (χ0v) is 17.3. The van der Waals surface area contributed by atoms with Gasteiger partial charge in [-0.2, -0.15) is 0 Å². The van der Waals surface area contributed by atoms with Crippen molar-refractivity contribution in [2.24, 2.45) is 0 Å². The Bertz CT molecular complexity index is 1140. The van der Waals surface area contributed by atoms with E-state index in [0.717, 1.165) is 32.3 Å². The van der Waals surface area contributed by atoms with Crippen molar-refractivity contribution in [3.05, 3.63) is 85.8 Å². The second kappa shape index (κ2) is 7.34. The molecule has 2 aromatic carbocycles. The molecule has 0 aliphatic carbocycles. The van der Waals surface area contributed by atoms with Crippen LogP contribution in [0.1, 0.15) is 31.9 Å². The fraction of sp³-hybridized carbons (Fsp3) is 0.174. The SMILES string of the molecule is Cc1cc2c(c3c1C(=O)/C(=C/c1cccs1)O3)CN(Cc1ccccc1Cl)CO2. The van der Waals surface area contributed by atoms with E-state index in [1.165, 1.54) is 0 Å². The Morgan fingerprint density at radius 3 is 2.90 bits per heavy atom. The molecule has 0 spiro atoms. The summed E-state index contributed by atoms with van der Waals surface area (Å²) in [6.45, 7) is 3.67. The fourth-order valence-electron chi connectivity index (χ4n) is 3.75. The van der Waals surface area contributed by atoms with Crippen LogP contribution in [0.4, 0.5) is 0 Å². The summed E-state index contributed by atoms with van der Waals surface area (Å²) in [7, 11) is 0. The number of nitrogens with zero attached hydrogens (tertiary/aromatic N) is 1. The summed E-state index contributed by atoms with van der Waals surface area (Å²) in [5.41, 5.74) is 3.46. The minimum Gasteiger partial charge on any atom is -0.478 e. The van der Waals surface area contributed by atoms with Gasteiger partial charge in [0.25, 0.3) is 0 Å². The van der Waals surface area contributed by atoms with Crippen LogP contribution in [-0.4, -0.2) is 17.4 Å². The quantitative estimate of drug-likeness (QED) is 0.508. The predicted octanol–water partition coefficient (Wildman–Crippen LogP) is 5.68. The van der Waals surface area contributed by atoms with Gasteiger partial charge in [0.2, 0.25) is 5.78 Å². The lowest BCUT2D eigenvalue weighted by Gasteiger charge is -2.30. The van der Waals surface area contributed by atoms with Gasteiger partial charge in [0, 0.05) is 29.1 Å². The van der Waals surface area contributed by atoms with E-state index in [1.54, 1.807) is 11.3 Å². The topological polar surface area (TPSA) is 38.8 Å². The Hall–Kier alpha value is -2.60. The highest BCUT2D eigenvalue weighted by Gasteiger charge is 2.35. The molecule has 1 aromatic heterocycles. The number of halogens is 1. The van der Waals surface area contributed by atoms with Crippen LogP contribution >= 0.6 is 22.9 Å². The van der Waals surface area contributed by atoms with Gasteiger partial charge in [0.1, 0.15) is 18.2 Å². The van der Waals surface area contributed by atoms with Crippen molar-refractivity contribution in [3.63, 3.8) is 0 Å². The van der Waals surface area contributed by atoms with Crippen molar-refractivity contribution in [1.82, 2.24) is 4.90 Å². The molecule has 29 heavy (non-hydrogen) atoms. The highest BCUT2D eigenvalue weighted by atomic mass is 35.5. The molecule has 0 N–H and O–H groups in total. The molecule has 5 rings (SSSR count). The molecule has 3 heterocycles. The number of Topliss-reactive ketones (excluding diaryl/α,β-unsaturated/α-hetero) is 1. The molecular weight excluding hydrogens is 406 g/mol. The average molecular weight is 424 g/mol. The summed E-state index contributed by atoms with van der Waals surface area (Å²) >= 11 is 7.89. The van der Waals surface area contributed by atoms with E-state index in [2.05, 4.69) is 4.90 Å². The number of carbonyl (C=O) groups is 1. The second-order valence-electron chi connectivity index (χ2n) is 7.18. The van der Waals surface area contributed by atoms with Crippen LogP contribution in [0.3, 0.4) is 0 Å². The van der Waals surface area contributed by atoms with Crippen molar-refractivity contribution in [2.45, 2.75) is 20.0 Å². The smallest absolute Gasteiger partial charge is 0.232 e. The minimum absolute atomic E-state index is 0.0723. The maximum absolute atomic E-state index is 13.0. The largest absolute Gasteiger partial charge is 0.478 e. The van der Waals surface area contributed by atoms with E-state index in [1.807, 2.05) is 60.8 Å². The summed E-state index contributed by atoms with van der Waals surface area (Å²) in [5.74, 6) is 1.69. The third-order valence-electron chi connectivity index (χ3n) is 5.16. The first kappa shape index (κ1) is 18.4. The second-order valence-corrected chi connectivity index (χ2v) is 8.57.